The fraction of sp³-hybridized carbons (Fsp3) is 0.333. The number of aromatic amines is 1. The molecule has 22 heavy (non-hydrogen) atoms. The Morgan fingerprint density at radius 2 is 1.95 bits per heavy atom. The van der Waals surface area contributed by atoms with E-state index in [0.717, 1.165) is 10.1 Å². The van der Waals surface area contributed by atoms with Gasteiger partial charge < -0.3 is 5.32 Å². The van der Waals surface area contributed by atoms with Crippen LogP contribution in [0.5, 0.6) is 0 Å². The number of halogens is 2. The predicted molar refractivity (Wildman–Crippen MR) is 85.2 cm³/mol. The zero-order chi connectivity index (χ0) is 16.4. The molecule has 0 aliphatic carbocycles. The van der Waals surface area contributed by atoms with Crippen LogP contribution in [0.2, 0.25) is 5.02 Å². The Labute approximate surface area is 131 Å². The second-order valence-electron chi connectivity index (χ2n) is 5.31. The fourth-order valence-corrected chi connectivity index (χ4v) is 2.37. The van der Waals surface area contributed by atoms with Gasteiger partial charge in [-0.2, -0.15) is 4.39 Å². The van der Waals surface area contributed by atoms with Gasteiger partial charge in [-0.1, -0.05) is 23.7 Å². The van der Waals surface area contributed by atoms with Crippen LogP contribution in [0.1, 0.15) is 38.4 Å². The predicted octanol–water partition coefficient (Wildman–Crippen LogP) is 3.08. The second kappa shape index (κ2) is 6.36. The van der Waals surface area contributed by atoms with Crippen molar-refractivity contribution in [1.29, 1.82) is 0 Å². The van der Waals surface area contributed by atoms with Gasteiger partial charge in [-0.3, -0.25) is 14.3 Å². The van der Waals surface area contributed by atoms with Crippen molar-refractivity contribution in [3.63, 3.8) is 0 Å². The van der Waals surface area contributed by atoms with E-state index >= 15 is 0 Å². The number of rotatable bonds is 4. The molecule has 0 fully saturated rings. The molecule has 0 radical (unpaired) electrons. The van der Waals surface area contributed by atoms with Gasteiger partial charge in [0.25, 0.3) is 5.56 Å². The molecule has 0 saturated carbocycles. The van der Waals surface area contributed by atoms with Crippen LogP contribution in [0.15, 0.2) is 33.9 Å². The summed E-state index contributed by atoms with van der Waals surface area (Å²) in [6.45, 7) is 5.05. The van der Waals surface area contributed by atoms with Crippen molar-refractivity contribution in [3.05, 3.63) is 61.5 Å². The minimum absolute atomic E-state index is 0.223. The third kappa shape index (κ3) is 3.22. The van der Waals surface area contributed by atoms with Gasteiger partial charge in [0.15, 0.2) is 0 Å². The maximum absolute atomic E-state index is 14.2. The topological polar surface area (TPSA) is 66.9 Å². The molecule has 2 rings (SSSR count). The molecule has 1 unspecified atom stereocenters. The average molecular weight is 326 g/mol. The summed E-state index contributed by atoms with van der Waals surface area (Å²) < 4.78 is 15.0. The highest BCUT2D eigenvalue weighted by atomic mass is 35.5. The summed E-state index contributed by atoms with van der Waals surface area (Å²) in [5.74, 6) is -1.23. The van der Waals surface area contributed by atoms with Gasteiger partial charge in [0.1, 0.15) is 5.82 Å². The molecule has 5 nitrogen and oxygen atoms in total. The summed E-state index contributed by atoms with van der Waals surface area (Å²) in [5, 5.41) is 3.35. The average Bonchev–Trinajstić information content (AvgIpc) is 2.44. The largest absolute Gasteiger partial charge is 0.362 e. The van der Waals surface area contributed by atoms with E-state index in [9.17, 15) is 14.0 Å². The molecule has 1 aromatic heterocycles. The van der Waals surface area contributed by atoms with Crippen LogP contribution < -0.4 is 16.6 Å². The lowest BCUT2D eigenvalue weighted by atomic mass is 10.1. The van der Waals surface area contributed by atoms with E-state index in [1.807, 2.05) is 6.07 Å². The first-order valence-corrected chi connectivity index (χ1v) is 7.25. The minimum atomic E-state index is -1.01. The lowest BCUT2D eigenvalue weighted by Crippen LogP contribution is -2.39. The molecule has 2 N–H and O–H groups in total. The summed E-state index contributed by atoms with van der Waals surface area (Å²) >= 11 is 5.92. The number of nitrogens with zero attached hydrogens (tertiary/aromatic N) is 1. The van der Waals surface area contributed by atoms with E-state index in [1.54, 1.807) is 39.0 Å². The number of nitrogens with one attached hydrogen (secondary N) is 2. The number of hydrogen-bond acceptors (Lipinski definition) is 3. The molecule has 0 saturated heterocycles. The molecule has 0 bridgehead atoms. The maximum atomic E-state index is 14.2. The van der Waals surface area contributed by atoms with Crippen LogP contribution in [0.4, 0.5) is 10.2 Å². The zero-order valence-corrected chi connectivity index (χ0v) is 13.2. The number of benzene rings is 1. The van der Waals surface area contributed by atoms with Gasteiger partial charge in [-0.25, -0.2) is 4.79 Å². The maximum Gasteiger partial charge on any atom is 0.330 e. The Balaban J connectivity index is 2.39. The molecule has 1 atom stereocenters. The minimum Gasteiger partial charge on any atom is -0.362 e. The Morgan fingerprint density at radius 3 is 2.55 bits per heavy atom. The number of anilines is 1. The molecule has 0 amide bonds. The Kier molecular flexibility index (Phi) is 4.71. The summed E-state index contributed by atoms with van der Waals surface area (Å²) in [7, 11) is 0. The lowest BCUT2D eigenvalue weighted by molar-refractivity contribution is 0.498. The first kappa shape index (κ1) is 16.3. The molecular formula is C15H17ClFN3O2. The molecule has 2 aromatic rings. The first-order valence-electron chi connectivity index (χ1n) is 6.87. The first-order chi connectivity index (χ1) is 10.3. The molecule has 0 aliphatic rings. The van der Waals surface area contributed by atoms with Crippen molar-refractivity contribution < 1.29 is 4.39 Å². The fourth-order valence-electron chi connectivity index (χ4n) is 2.17. The molecule has 118 valence electrons. The highest BCUT2D eigenvalue weighted by Crippen LogP contribution is 2.21. The Hall–Kier alpha value is -2.08. The Morgan fingerprint density at radius 1 is 1.27 bits per heavy atom. The van der Waals surface area contributed by atoms with E-state index in [-0.39, 0.29) is 11.9 Å². The van der Waals surface area contributed by atoms with Crippen LogP contribution in [0, 0.1) is 5.82 Å². The van der Waals surface area contributed by atoms with Gasteiger partial charge in [0.05, 0.1) is 6.04 Å². The van der Waals surface area contributed by atoms with Crippen LogP contribution >= 0.6 is 11.6 Å². The normalized spacial score (nSPS) is 12.5. The third-order valence-corrected chi connectivity index (χ3v) is 3.54. The summed E-state index contributed by atoms with van der Waals surface area (Å²) in [5.41, 5.74) is -0.789. The SMILES string of the molecule is CC(Nc1[nH]c(=O)n(C(C)C)c(=O)c1F)c1cccc(Cl)c1. The van der Waals surface area contributed by atoms with Crippen LogP contribution in [-0.2, 0) is 0 Å². The van der Waals surface area contributed by atoms with Crippen molar-refractivity contribution in [2.45, 2.75) is 32.9 Å². The van der Waals surface area contributed by atoms with Crippen molar-refractivity contribution in [1.82, 2.24) is 9.55 Å². The van der Waals surface area contributed by atoms with E-state index in [2.05, 4.69) is 10.3 Å². The molecule has 0 spiro atoms. The smallest absolute Gasteiger partial charge is 0.330 e. The quantitative estimate of drug-likeness (QED) is 0.907. The van der Waals surface area contributed by atoms with E-state index in [1.165, 1.54) is 0 Å². The van der Waals surface area contributed by atoms with Gasteiger partial charge in [-0.05, 0) is 38.5 Å². The van der Waals surface area contributed by atoms with Crippen LogP contribution in [-0.4, -0.2) is 9.55 Å². The van der Waals surface area contributed by atoms with Gasteiger partial charge in [0, 0.05) is 11.1 Å². The third-order valence-electron chi connectivity index (χ3n) is 3.30. The van der Waals surface area contributed by atoms with E-state index in [4.69, 9.17) is 11.6 Å². The van der Waals surface area contributed by atoms with Crippen LogP contribution in [0.25, 0.3) is 0 Å². The zero-order valence-electron chi connectivity index (χ0n) is 12.5. The van der Waals surface area contributed by atoms with Crippen molar-refractivity contribution in [2.24, 2.45) is 0 Å². The lowest BCUT2D eigenvalue weighted by Gasteiger charge is -2.17. The standard InChI is InChI=1S/C15H17ClFN3O2/c1-8(2)20-14(21)12(17)13(19-15(20)22)18-9(3)10-5-4-6-11(16)7-10/h4-9,18H,1-3H3,(H,19,22). The Bertz CT molecular complexity index is 798. The van der Waals surface area contributed by atoms with Gasteiger partial charge >= 0.3 is 5.69 Å². The molecule has 1 aromatic carbocycles. The molecular weight excluding hydrogens is 309 g/mol. The summed E-state index contributed by atoms with van der Waals surface area (Å²) in [6.07, 6.45) is 0. The van der Waals surface area contributed by atoms with Gasteiger partial charge in [0.2, 0.25) is 5.82 Å². The van der Waals surface area contributed by atoms with Crippen molar-refractivity contribution >= 4 is 17.4 Å². The summed E-state index contributed by atoms with van der Waals surface area (Å²) in [6, 6.07) is 6.28. The highest BCUT2D eigenvalue weighted by Gasteiger charge is 2.17. The van der Waals surface area contributed by atoms with Gasteiger partial charge in [-0.15, -0.1) is 0 Å². The summed E-state index contributed by atoms with van der Waals surface area (Å²) in [4.78, 5) is 26.2. The molecule has 1 heterocycles. The highest BCUT2D eigenvalue weighted by molar-refractivity contribution is 6.30. The number of aromatic nitrogens is 2. The second-order valence-corrected chi connectivity index (χ2v) is 5.75. The molecule has 0 aliphatic heterocycles. The molecule has 7 heteroatoms. The van der Waals surface area contributed by atoms with E-state index in [0.29, 0.717) is 5.02 Å². The number of hydrogen-bond donors (Lipinski definition) is 2. The van der Waals surface area contributed by atoms with Crippen LogP contribution in [0.3, 0.4) is 0 Å². The van der Waals surface area contributed by atoms with Crippen molar-refractivity contribution in [3.8, 4) is 0 Å². The van der Waals surface area contributed by atoms with Crippen molar-refractivity contribution in [2.75, 3.05) is 5.32 Å². The number of H-pyrrole nitrogens is 1. The monoisotopic (exact) mass is 325 g/mol. The van der Waals surface area contributed by atoms with E-state index < -0.39 is 23.1 Å².